The van der Waals surface area contributed by atoms with Gasteiger partial charge in [-0.1, -0.05) is 48.0 Å². The fourth-order valence-corrected chi connectivity index (χ4v) is 3.46. The van der Waals surface area contributed by atoms with Crippen molar-refractivity contribution in [1.29, 1.82) is 0 Å². The van der Waals surface area contributed by atoms with Gasteiger partial charge in [-0.25, -0.2) is 4.90 Å². The second-order valence-electron chi connectivity index (χ2n) is 6.60. The summed E-state index contributed by atoms with van der Waals surface area (Å²) in [6.07, 6.45) is 1.68. The van der Waals surface area contributed by atoms with Gasteiger partial charge in [-0.2, -0.15) is 0 Å². The number of carbonyl (C=O) groups excluding carboxylic acids is 2. The molecule has 1 aliphatic rings. The third-order valence-electron chi connectivity index (χ3n) is 4.63. The molecule has 3 aromatic carbocycles. The maximum Gasteiger partial charge on any atom is 0.265 e. The summed E-state index contributed by atoms with van der Waals surface area (Å²) < 4.78 is 0. The van der Waals surface area contributed by atoms with E-state index in [-0.39, 0.29) is 16.7 Å². The molecule has 0 bridgehead atoms. The summed E-state index contributed by atoms with van der Waals surface area (Å²) in [5, 5.41) is 9.83. The minimum Gasteiger partial charge on any atom is -0.506 e. The summed E-state index contributed by atoms with van der Waals surface area (Å²) in [4.78, 5) is 27.6. The number of amides is 2. The van der Waals surface area contributed by atoms with Crippen molar-refractivity contribution in [3.05, 3.63) is 94.0 Å². The normalized spacial score (nSPS) is 15.1. The van der Waals surface area contributed by atoms with Crippen LogP contribution in [0.1, 0.15) is 27.0 Å². The second-order valence-corrected chi connectivity index (χ2v) is 7.01. The molecular weight excluding hydrogens is 374 g/mol. The van der Waals surface area contributed by atoms with Gasteiger partial charge in [-0.15, -0.1) is 0 Å². The number of rotatable bonds is 2. The first-order valence-electron chi connectivity index (χ1n) is 8.71. The van der Waals surface area contributed by atoms with Crippen LogP contribution in [0.4, 0.5) is 5.69 Å². The fraction of sp³-hybridized carbons (Fsp3) is 0.0435. The monoisotopic (exact) mass is 389 g/mol. The Morgan fingerprint density at radius 2 is 1.64 bits per heavy atom. The molecule has 0 unspecified atom stereocenters. The van der Waals surface area contributed by atoms with Crippen molar-refractivity contribution in [2.45, 2.75) is 6.92 Å². The van der Waals surface area contributed by atoms with E-state index >= 15 is 0 Å². The number of nitrogens with zero attached hydrogens (tertiary/aromatic N) is 1. The van der Waals surface area contributed by atoms with Gasteiger partial charge < -0.3 is 5.11 Å². The number of phenols is 1. The fourth-order valence-electron chi connectivity index (χ4n) is 3.27. The third kappa shape index (κ3) is 3.08. The highest BCUT2D eigenvalue weighted by Crippen LogP contribution is 2.34. The largest absolute Gasteiger partial charge is 0.506 e. The summed E-state index contributed by atoms with van der Waals surface area (Å²) in [5.74, 6) is -0.790. The van der Waals surface area contributed by atoms with Gasteiger partial charge in [0.05, 0.1) is 10.7 Å². The Balaban J connectivity index is 1.91. The van der Waals surface area contributed by atoms with Gasteiger partial charge >= 0.3 is 0 Å². The number of anilines is 1. The summed E-state index contributed by atoms with van der Waals surface area (Å²) >= 11 is 6.00. The number of hydrogen-bond acceptors (Lipinski definition) is 3. The molecule has 0 saturated heterocycles. The van der Waals surface area contributed by atoms with Gasteiger partial charge in [0.2, 0.25) is 0 Å². The van der Waals surface area contributed by atoms with Crippen LogP contribution in [0.5, 0.6) is 5.75 Å². The SMILES string of the molecule is Cc1cccc(N2C(=O)/C(=C/c3ccc(O)c(Cl)c3)c3ccccc3C2=O)c1. The van der Waals surface area contributed by atoms with E-state index in [1.165, 1.54) is 11.0 Å². The molecule has 1 heterocycles. The van der Waals surface area contributed by atoms with Crippen LogP contribution in [0.3, 0.4) is 0 Å². The number of carbonyl (C=O) groups is 2. The quantitative estimate of drug-likeness (QED) is 0.491. The van der Waals surface area contributed by atoms with E-state index in [9.17, 15) is 14.7 Å². The molecule has 28 heavy (non-hydrogen) atoms. The lowest BCUT2D eigenvalue weighted by Crippen LogP contribution is -2.41. The van der Waals surface area contributed by atoms with Crippen molar-refractivity contribution < 1.29 is 14.7 Å². The van der Waals surface area contributed by atoms with Crippen LogP contribution in [0.25, 0.3) is 11.6 Å². The molecule has 4 rings (SSSR count). The van der Waals surface area contributed by atoms with E-state index in [0.29, 0.717) is 28.0 Å². The molecule has 1 N–H and O–H groups in total. The van der Waals surface area contributed by atoms with E-state index in [1.54, 1.807) is 54.6 Å². The van der Waals surface area contributed by atoms with E-state index in [4.69, 9.17) is 11.6 Å². The van der Waals surface area contributed by atoms with Crippen molar-refractivity contribution in [3.8, 4) is 5.75 Å². The first kappa shape index (κ1) is 18.0. The van der Waals surface area contributed by atoms with Crippen LogP contribution in [0.15, 0.2) is 66.7 Å². The van der Waals surface area contributed by atoms with Gasteiger partial charge in [-0.3, -0.25) is 9.59 Å². The minimum absolute atomic E-state index is 0.0317. The van der Waals surface area contributed by atoms with Crippen molar-refractivity contribution in [3.63, 3.8) is 0 Å². The summed E-state index contributed by atoms with van der Waals surface area (Å²) in [5.41, 5.74) is 3.55. The van der Waals surface area contributed by atoms with Crippen LogP contribution in [0, 0.1) is 6.92 Å². The molecule has 138 valence electrons. The lowest BCUT2D eigenvalue weighted by Gasteiger charge is -2.29. The molecule has 4 nitrogen and oxygen atoms in total. The molecule has 3 aromatic rings. The zero-order valence-electron chi connectivity index (χ0n) is 15.0. The topological polar surface area (TPSA) is 57.6 Å². The van der Waals surface area contributed by atoms with Gasteiger partial charge in [0.1, 0.15) is 5.75 Å². The highest BCUT2D eigenvalue weighted by atomic mass is 35.5. The molecule has 0 aromatic heterocycles. The molecular formula is C23H16ClNO3. The van der Waals surface area contributed by atoms with Gasteiger partial charge in [0.25, 0.3) is 11.8 Å². The van der Waals surface area contributed by atoms with Crippen LogP contribution in [0.2, 0.25) is 5.02 Å². The Kier molecular flexibility index (Phi) is 4.49. The van der Waals surface area contributed by atoms with Gasteiger partial charge in [0, 0.05) is 11.1 Å². The molecule has 0 spiro atoms. The summed E-state index contributed by atoms with van der Waals surface area (Å²) in [7, 11) is 0. The maximum atomic E-state index is 13.3. The zero-order chi connectivity index (χ0) is 19.8. The van der Waals surface area contributed by atoms with Crippen LogP contribution in [-0.2, 0) is 4.79 Å². The molecule has 0 aliphatic carbocycles. The highest BCUT2D eigenvalue weighted by Gasteiger charge is 2.35. The molecule has 0 saturated carbocycles. The Morgan fingerprint density at radius 3 is 2.36 bits per heavy atom. The predicted molar refractivity (Wildman–Crippen MR) is 110 cm³/mol. The molecule has 0 fully saturated rings. The average Bonchev–Trinajstić information content (AvgIpc) is 2.68. The molecule has 5 heteroatoms. The van der Waals surface area contributed by atoms with Crippen molar-refractivity contribution in [2.24, 2.45) is 0 Å². The number of aryl methyl sites for hydroxylation is 1. The van der Waals surface area contributed by atoms with Crippen molar-refractivity contribution >= 4 is 40.8 Å². The standard InChI is InChI=1S/C23H16ClNO3/c1-14-5-4-6-16(11-14)25-22(27)18-8-3-2-7-17(18)19(23(25)28)12-15-9-10-21(26)20(24)13-15/h2-13,26H,1H3/b19-12+. The summed E-state index contributed by atoms with van der Waals surface area (Å²) in [6.45, 7) is 1.91. The summed E-state index contributed by atoms with van der Waals surface area (Å²) in [6, 6.07) is 19.0. The Morgan fingerprint density at radius 1 is 0.893 bits per heavy atom. The molecule has 2 amide bonds. The number of fused-ring (bicyclic) bond motifs is 1. The molecule has 1 aliphatic heterocycles. The number of phenolic OH excluding ortho intramolecular Hbond substituents is 1. The van der Waals surface area contributed by atoms with Crippen molar-refractivity contribution in [1.82, 2.24) is 0 Å². The predicted octanol–water partition coefficient (Wildman–Crippen LogP) is 5.08. The number of hydrogen-bond donors (Lipinski definition) is 1. The number of aromatic hydroxyl groups is 1. The van der Waals surface area contributed by atoms with Crippen LogP contribution < -0.4 is 4.90 Å². The van der Waals surface area contributed by atoms with Gasteiger partial charge in [0.15, 0.2) is 0 Å². The van der Waals surface area contributed by atoms with Crippen LogP contribution in [-0.4, -0.2) is 16.9 Å². The second kappa shape index (κ2) is 6.98. The number of benzene rings is 3. The minimum atomic E-state index is -0.404. The Bertz CT molecular complexity index is 1150. The van der Waals surface area contributed by atoms with Crippen LogP contribution >= 0.6 is 11.6 Å². The first-order chi connectivity index (χ1) is 13.5. The Labute approximate surface area is 167 Å². The van der Waals surface area contributed by atoms with Gasteiger partial charge in [-0.05, 0) is 60.0 Å². The lowest BCUT2D eigenvalue weighted by atomic mass is 9.91. The van der Waals surface area contributed by atoms with E-state index < -0.39 is 5.91 Å². The molecule has 0 atom stereocenters. The van der Waals surface area contributed by atoms with E-state index in [0.717, 1.165) is 5.56 Å². The number of halogens is 1. The Hall–Kier alpha value is -3.37. The smallest absolute Gasteiger partial charge is 0.265 e. The zero-order valence-corrected chi connectivity index (χ0v) is 15.8. The van der Waals surface area contributed by atoms with E-state index in [2.05, 4.69) is 0 Å². The maximum absolute atomic E-state index is 13.3. The number of imide groups is 1. The lowest BCUT2D eigenvalue weighted by molar-refractivity contribution is -0.112. The molecule has 0 radical (unpaired) electrons. The van der Waals surface area contributed by atoms with Crippen molar-refractivity contribution in [2.75, 3.05) is 4.90 Å². The third-order valence-corrected chi connectivity index (χ3v) is 4.93. The average molecular weight is 390 g/mol. The highest BCUT2D eigenvalue weighted by molar-refractivity contribution is 6.43. The first-order valence-corrected chi connectivity index (χ1v) is 9.08. The van der Waals surface area contributed by atoms with E-state index in [1.807, 2.05) is 19.1 Å².